The molecular formula is C19H34N4O. The van der Waals surface area contributed by atoms with Gasteiger partial charge in [0.15, 0.2) is 5.96 Å². The molecule has 0 spiro atoms. The molecule has 0 amide bonds. The minimum absolute atomic E-state index is 0.0715. The molecule has 2 N–H and O–H groups in total. The first-order valence-electron chi connectivity index (χ1n) is 8.58. The lowest BCUT2D eigenvalue weighted by Gasteiger charge is -2.33. The molecule has 0 fully saturated rings. The van der Waals surface area contributed by atoms with E-state index >= 15 is 0 Å². The molecule has 0 bridgehead atoms. The van der Waals surface area contributed by atoms with Crippen LogP contribution in [0.3, 0.4) is 0 Å². The molecule has 0 aliphatic heterocycles. The summed E-state index contributed by atoms with van der Waals surface area (Å²) in [6.45, 7) is 9.63. The maximum atomic E-state index is 5.79. The molecule has 0 aliphatic carbocycles. The maximum absolute atomic E-state index is 5.79. The van der Waals surface area contributed by atoms with Gasteiger partial charge in [-0.2, -0.15) is 0 Å². The Bertz CT molecular complexity index is 485. The Balaban J connectivity index is 2.25. The zero-order valence-electron chi connectivity index (χ0n) is 16.1. The SMILES string of the molecule is CN=C(NCC(C)COCc1ccccc1)NCC(C)(C)N(C)C. The summed E-state index contributed by atoms with van der Waals surface area (Å²) in [5.74, 6) is 1.24. The van der Waals surface area contributed by atoms with Crippen molar-refractivity contribution in [2.24, 2.45) is 10.9 Å². The first kappa shape index (κ1) is 20.5. The van der Waals surface area contributed by atoms with Crippen molar-refractivity contribution < 1.29 is 4.74 Å². The van der Waals surface area contributed by atoms with Gasteiger partial charge >= 0.3 is 0 Å². The molecule has 5 heteroatoms. The van der Waals surface area contributed by atoms with Gasteiger partial charge in [0, 0.05) is 25.7 Å². The van der Waals surface area contributed by atoms with E-state index < -0.39 is 0 Å². The first-order chi connectivity index (χ1) is 11.3. The summed E-state index contributed by atoms with van der Waals surface area (Å²) in [6, 6.07) is 10.3. The van der Waals surface area contributed by atoms with Crippen LogP contribution < -0.4 is 10.6 Å². The highest BCUT2D eigenvalue weighted by Gasteiger charge is 2.20. The number of nitrogens with zero attached hydrogens (tertiary/aromatic N) is 2. The van der Waals surface area contributed by atoms with Gasteiger partial charge in [0.2, 0.25) is 0 Å². The van der Waals surface area contributed by atoms with E-state index in [-0.39, 0.29) is 5.54 Å². The second-order valence-electron chi connectivity index (χ2n) is 7.12. The van der Waals surface area contributed by atoms with Crippen LogP contribution in [0.25, 0.3) is 0 Å². The van der Waals surface area contributed by atoms with E-state index in [0.717, 1.165) is 25.7 Å². The number of aliphatic imine (C=N–C) groups is 1. The van der Waals surface area contributed by atoms with Crippen LogP contribution in [0.2, 0.25) is 0 Å². The van der Waals surface area contributed by atoms with Crippen LogP contribution in [0.1, 0.15) is 26.3 Å². The van der Waals surface area contributed by atoms with Gasteiger partial charge in [-0.1, -0.05) is 37.3 Å². The minimum atomic E-state index is 0.0715. The average molecular weight is 335 g/mol. The number of benzene rings is 1. The fourth-order valence-electron chi connectivity index (χ4n) is 1.96. The maximum Gasteiger partial charge on any atom is 0.191 e. The van der Waals surface area contributed by atoms with E-state index in [9.17, 15) is 0 Å². The quantitative estimate of drug-likeness (QED) is 0.538. The van der Waals surface area contributed by atoms with E-state index in [1.165, 1.54) is 5.56 Å². The fraction of sp³-hybridized carbons (Fsp3) is 0.632. The van der Waals surface area contributed by atoms with Crippen LogP contribution in [-0.2, 0) is 11.3 Å². The summed E-state index contributed by atoms with van der Waals surface area (Å²) in [6.07, 6.45) is 0. The van der Waals surface area contributed by atoms with E-state index in [0.29, 0.717) is 12.5 Å². The Hall–Kier alpha value is -1.59. The molecular weight excluding hydrogens is 300 g/mol. The summed E-state index contributed by atoms with van der Waals surface area (Å²) in [7, 11) is 5.97. The highest BCUT2D eigenvalue weighted by molar-refractivity contribution is 5.79. The molecule has 0 saturated carbocycles. The van der Waals surface area contributed by atoms with E-state index in [1.54, 1.807) is 7.05 Å². The number of likely N-dealkylation sites (N-methyl/N-ethyl adjacent to an activating group) is 1. The number of hydrogen-bond donors (Lipinski definition) is 2. The van der Waals surface area contributed by atoms with Gasteiger partial charge in [-0.25, -0.2) is 0 Å². The van der Waals surface area contributed by atoms with Crippen LogP contribution in [0.15, 0.2) is 35.3 Å². The lowest BCUT2D eigenvalue weighted by molar-refractivity contribution is 0.0931. The molecule has 1 rings (SSSR count). The average Bonchev–Trinajstić information content (AvgIpc) is 2.55. The van der Waals surface area contributed by atoms with Crippen molar-refractivity contribution >= 4 is 5.96 Å². The monoisotopic (exact) mass is 334 g/mol. The van der Waals surface area contributed by atoms with E-state index in [2.05, 4.69) is 67.5 Å². The van der Waals surface area contributed by atoms with Gasteiger partial charge in [0.05, 0.1) is 13.2 Å². The normalized spacial score (nSPS) is 13.9. The first-order valence-corrected chi connectivity index (χ1v) is 8.58. The third-order valence-corrected chi connectivity index (χ3v) is 4.25. The molecule has 0 radical (unpaired) electrons. The molecule has 24 heavy (non-hydrogen) atoms. The predicted molar refractivity (Wildman–Crippen MR) is 102 cm³/mol. The topological polar surface area (TPSA) is 48.9 Å². The molecule has 1 aromatic carbocycles. The molecule has 1 aromatic rings. The van der Waals surface area contributed by atoms with Crippen LogP contribution in [0, 0.1) is 5.92 Å². The number of guanidine groups is 1. The summed E-state index contributed by atoms with van der Waals surface area (Å²) in [4.78, 5) is 6.49. The lowest BCUT2D eigenvalue weighted by Crippen LogP contribution is -2.51. The van der Waals surface area contributed by atoms with Gasteiger partial charge in [-0.3, -0.25) is 4.99 Å². The number of ether oxygens (including phenoxy) is 1. The van der Waals surface area contributed by atoms with Crippen LogP contribution in [0.4, 0.5) is 0 Å². The molecule has 1 unspecified atom stereocenters. The minimum Gasteiger partial charge on any atom is -0.376 e. The highest BCUT2D eigenvalue weighted by atomic mass is 16.5. The molecule has 0 aliphatic rings. The van der Waals surface area contributed by atoms with Gasteiger partial charge in [-0.15, -0.1) is 0 Å². The number of rotatable bonds is 9. The van der Waals surface area contributed by atoms with E-state index in [1.807, 2.05) is 18.2 Å². The largest absolute Gasteiger partial charge is 0.376 e. The zero-order chi connectivity index (χ0) is 18.0. The van der Waals surface area contributed by atoms with Crippen molar-refractivity contribution in [3.05, 3.63) is 35.9 Å². The molecule has 0 saturated heterocycles. The third kappa shape index (κ3) is 7.79. The second kappa shape index (κ2) is 10.3. The number of nitrogens with one attached hydrogen (secondary N) is 2. The smallest absolute Gasteiger partial charge is 0.191 e. The van der Waals surface area contributed by atoms with Crippen LogP contribution in [-0.4, -0.2) is 57.2 Å². The van der Waals surface area contributed by atoms with Crippen molar-refractivity contribution in [1.29, 1.82) is 0 Å². The Morgan fingerprint density at radius 2 is 1.88 bits per heavy atom. The fourth-order valence-corrected chi connectivity index (χ4v) is 1.96. The summed E-state index contributed by atoms with van der Waals surface area (Å²) in [5, 5.41) is 6.75. The Morgan fingerprint density at radius 1 is 1.21 bits per heavy atom. The van der Waals surface area contributed by atoms with Crippen molar-refractivity contribution in [2.75, 3.05) is 40.8 Å². The second-order valence-corrected chi connectivity index (χ2v) is 7.12. The van der Waals surface area contributed by atoms with Crippen molar-refractivity contribution in [1.82, 2.24) is 15.5 Å². The van der Waals surface area contributed by atoms with Gasteiger partial charge in [-0.05, 0) is 39.4 Å². The molecule has 0 heterocycles. The van der Waals surface area contributed by atoms with E-state index in [4.69, 9.17) is 4.74 Å². The Morgan fingerprint density at radius 3 is 2.46 bits per heavy atom. The van der Waals surface area contributed by atoms with Crippen molar-refractivity contribution in [2.45, 2.75) is 32.9 Å². The molecule has 136 valence electrons. The predicted octanol–water partition coefficient (Wildman–Crippen LogP) is 2.34. The summed E-state index contributed by atoms with van der Waals surface area (Å²) in [5.41, 5.74) is 1.28. The van der Waals surface area contributed by atoms with Gasteiger partial charge in [0.1, 0.15) is 0 Å². The Labute approximate surface area is 147 Å². The molecule has 5 nitrogen and oxygen atoms in total. The molecule has 1 atom stereocenters. The summed E-state index contributed by atoms with van der Waals surface area (Å²) < 4.78 is 5.79. The zero-order valence-corrected chi connectivity index (χ0v) is 16.1. The van der Waals surface area contributed by atoms with Gasteiger partial charge in [0.25, 0.3) is 0 Å². The van der Waals surface area contributed by atoms with Crippen LogP contribution >= 0.6 is 0 Å². The summed E-state index contributed by atoms with van der Waals surface area (Å²) >= 11 is 0. The van der Waals surface area contributed by atoms with Crippen molar-refractivity contribution in [3.8, 4) is 0 Å². The standard InChI is InChI=1S/C19H34N4O/c1-16(13-24-14-17-10-8-7-9-11-17)12-21-18(20-4)22-15-19(2,3)23(5)6/h7-11,16H,12-15H2,1-6H3,(H2,20,21,22). The number of hydrogen-bond acceptors (Lipinski definition) is 3. The van der Waals surface area contributed by atoms with Crippen LogP contribution in [0.5, 0.6) is 0 Å². The molecule has 0 aromatic heterocycles. The lowest BCUT2D eigenvalue weighted by atomic mass is 10.0. The Kier molecular flexibility index (Phi) is 8.79. The third-order valence-electron chi connectivity index (χ3n) is 4.25. The van der Waals surface area contributed by atoms with Gasteiger partial charge < -0.3 is 20.3 Å². The van der Waals surface area contributed by atoms with Crippen molar-refractivity contribution in [3.63, 3.8) is 0 Å². The highest BCUT2D eigenvalue weighted by Crippen LogP contribution is 2.07.